The van der Waals surface area contributed by atoms with Gasteiger partial charge in [0.15, 0.2) is 24.0 Å². The number of aliphatic hydroxyl groups is 2. The predicted octanol–water partition coefficient (Wildman–Crippen LogP) is 2.64. The molecule has 2 saturated heterocycles. The fourth-order valence-electron chi connectivity index (χ4n) is 6.17. The number of aromatic nitrogens is 1. The summed E-state index contributed by atoms with van der Waals surface area (Å²) in [7, 11) is 5.67. The maximum atomic E-state index is 13.7. The van der Waals surface area contributed by atoms with Gasteiger partial charge >= 0.3 is 6.09 Å². The topological polar surface area (TPSA) is 167 Å². The molecule has 2 aliphatic heterocycles. The number of fused-ring (bicyclic) bond motifs is 2. The average Bonchev–Trinajstić information content (AvgIpc) is 3.11. The number of nitrogens with zero attached hydrogens (tertiary/aromatic N) is 1. The standard InChI is InChI=1S/C36H43N3O10S2/c1-5-37-24-21-46-30(19-28(24)44-3)49-33-25(40)18-22(2)47-34(33)48-27-12-8-6-7-10-15-36(43)20-26(41)32(39-35(42)45-4)31(27)23(36)14-17-50-51-29-13-9-11-16-38-29/h6-7,9,11,13-14,16,22,24-25,27-28,30,33-34,37,40,43H,5,17-21H2,1-4H3,(H,39,42)/b7-6-,23-14+/t22-,24+,25+,27+,28+,30+,33-,34+,36+/m1/s1. The molecule has 0 radical (unpaired) electrons. The number of carbonyl (C=O) groups excluding carboxylic acids is 2. The van der Waals surface area contributed by atoms with Crippen molar-refractivity contribution in [2.24, 2.45) is 0 Å². The zero-order valence-electron chi connectivity index (χ0n) is 28.8. The van der Waals surface area contributed by atoms with Gasteiger partial charge in [0.25, 0.3) is 0 Å². The molecule has 1 aromatic rings. The Balaban J connectivity index is 1.51. The zero-order chi connectivity index (χ0) is 36.4. The number of allylic oxidation sites excluding steroid dienone is 3. The number of nitrogens with one attached hydrogen (secondary N) is 2. The molecule has 0 unspecified atom stereocenters. The molecule has 2 bridgehead atoms. The van der Waals surface area contributed by atoms with E-state index in [0.29, 0.717) is 18.8 Å². The van der Waals surface area contributed by atoms with Gasteiger partial charge in [0, 0.05) is 43.0 Å². The fraction of sp³-hybridized carbons (Fsp3) is 0.528. The van der Waals surface area contributed by atoms with Crippen LogP contribution >= 0.6 is 21.6 Å². The molecule has 4 N–H and O–H groups in total. The lowest BCUT2D eigenvalue weighted by atomic mass is 9.75. The summed E-state index contributed by atoms with van der Waals surface area (Å²) in [6.07, 6.45) is -0.294. The Labute approximate surface area is 305 Å². The van der Waals surface area contributed by atoms with E-state index in [1.807, 2.05) is 25.1 Å². The predicted molar refractivity (Wildman–Crippen MR) is 190 cm³/mol. The van der Waals surface area contributed by atoms with Gasteiger partial charge in [-0.15, -0.1) is 0 Å². The van der Waals surface area contributed by atoms with Crippen molar-refractivity contribution in [1.29, 1.82) is 0 Å². The van der Waals surface area contributed by atoms with E-state index < -0.39 is 60.9 Å². The Hall–Kier alpha value is -3.19. The van der Waals surface area contributed by atoms with Gasteiger partial charge in [-0.2, -0.15) is 0 Å². The molecule has 9 atom stereocenters. The van der Waals surface area contributed by atoms with Crippen LogP contribution in [0.15, 0.2) is 64.5 Å². The van der Waals surface area contributed by atoms with Crippen LogP contribution < -0.4 is 10.6 Å². The van der Waals surface area contributed by atoms with Gasteiger partial charge in [-0.25, -0.2) is 9.78 Å². The number of Topliss-reactive ketones (excluding diaryl/α,β-unsaturated/α-hetero) is 1. The van der Waals surface area contributed by atoms with Crippen molar-refractivity contribution in [2.75, 3.05) is 33.1 Å². The van der Waals surface area contributed by atoms with Crippen molar-refractivity contribution in [1.82, 2.24) is 15.6 Å². The summed E-state index contributed by atoms with van der Waals surface area (Å²) >= 11 is 0. The molecule has 2 fully saturated rings. The third kappa shape index (κ3) is 10.0. The molecule has 0 aromatic carbocycles. The molecule has 51 heavy (non-hydrogen) atoms. The first-order valence-electron chi connectivity index (χ1n) is 16.6. The molecule has 1 aromatic heterocycles. The lowest BCUT2D eigenvalue weighted by Gasteiger charge is -2.43. The molecule has 0 spiro atoms. The Bertz CT molecular complexity index is 1620. The Morgan fingerprint density at radius 3 is 2.78 bits per heavy atom. The lowest BCUT2D eigenvalue weighted by Crippen LogP contribution is -2.56. The molecule has 4 aliphatic rings. The van der Waals surface area contributed by atoms with Crippen molar-refractivity contribution < 1.29 is 48.2 Å². The molecule has 1 amide bonds. The van der Waals surface area contributed by atoms with E-state index in [1.54, 1.807) is 26.3 Å². The second-order valence-electron chi connectivity index (χ2n) is 12.1. The van der Waals surface area contributed by atoms with Crippen LogP contribution in [0.25, 0.3) is 0 Å². The molecule has 5 rings (SSSR count). The highest BCUT2D eigenvalue weighted by atomic mass is 33.1. The monoisotopic (exact) mass is 741 g/mol. The van der Waals surface area contributed by atoms with Crippen molar-refractivity contribution in [3.8, 4) is 23.7 Å². The first kappa shape index (κ1) is 39.0. The van der Waals surface area contributed by atoms with Crippen LogP contribution in [0.4, 0.5) is 4.79 Å². The number of hydrogen-bond donors (Lipinski definition) is 4. The highest BCUT2D eigenvalue weighted by Gasteiger charge is 2.48. The number of ketones is 1. The molecule has 15 heteroatoms. The number of alkyl carbamates (subject to hydrolysis) is 1. The molecular weight excluding hydrogens is 699 g/mol. The average molecular weight is 742 g/mol. The van der Waals surface area contributed by atoms with Gasteiger partial charge in [0.05, 0.1) is 50.2 Å². The second kappa shape index (κ2) is 18.5. The molecule has 2 aliphatic carbocycles. The SMILES string of the molecule is CCN[C@H]1CO[C@@H](O[C@H]2[C@H](O[C@H]3C#C/C=C\C#C[C@]4(O)CC(=O)C(NC(=O)OC)=C3/C4=C\CSSc3ccccn3)O[C@H](C)C[C@@H]2O)C[C@@H]1OC. The zero-order valence-corrected chi connectivity index (χ0v) is 30.5. The van der Waals surface area contributed by atoms with E-state index >= 15 is 0 Å². The van der Waals surface area contributed by atoms with Crippen LogP contribution in [0, 0.1) is 23.7 Å². The summed E-state index contributed by atoms with van der Waals surface area (Å²) in [5.41, 5.74) is -1.82. The Morgan fingerprint density at radius 1 is 1.22 bits per heavy atom. The quantitative estimate of drug-likeness (QED) is 0.140. The molecule has 3 heterocycles. The lowest BCUT2D eigenvalue weighted by molar-refractivity contribution is -0.319. The van der Waals surface area contributed by atoms with Crippen LogP contribution in [0.5, 0.6) is 0 Å². The number of aliphatic hydroxyl groups excluding tert-OH is 1. The fourth-order valence-corrected chi connectivity index (χ4v) is 7.89. The smallest absolute Gasteiger partial charge is 0.411 e. The van der Waals surface area contributed by atoms with E-state index in [0.717, 1.165) is 11.6 Å². The third-order valence-corrected chi connectivity index (χ3v) is 10.6. The van der Waals surface area contributed by atoms with Crippen LogP contribution in [-0.4, -0.2) is 115 Å². The van der Waals surface area contributed by atoms with E-state index in [9.17, 15) is 19.8 Å². The van der Waals surface area contributed by atoms with Crippen molar-refractivity contribution in [3.63, 3.8) is 0 Å². The molecular formula is C36H43N3O10S2. The third-order valence-electron chi connectivity index (χ3n) is 8.53. The number of rotatable bonds is 12. The van der Waals surface area contributed by atoms with Crippen LogP contribution in [0.2, 0.25) is 0 Å². The van der Waals surface area contributed by atoms with Crippen LogP contribution in [0.3, 0.4) is 0 Å². The highest BCUT2D eigenvalue weighted by Crippen LogP contribution is 2.40. The summed E-state index contributed by atoms with van der Waals surface area (Å²) in [5, 5.41) is 30.0. The molecule has 13 nitrogen and oxygen atoms in total. The number of ether oxygens (including phenoxy) is 6. The summed E-state index contributed by atoms with van der Waals surface area (Å²) in [6, 6.07) is 5.55. The minimum Gasteiger partial charge on any atom is -0.453 e. The maximum Gasteiger partial charge on any atom is 0.411 e. The van der Waals surface area contributed by atoms with Crippen LogP contribution in [0.1, 0.15) is 33.1 Å². The van der Waals surface area contributed by atoms with Gasteiger partial charge in [0.2, 0.25) is 0 Å². The minimum atomic E-state index is -1.96. The Morgan fingerprint density at radius 2 is 2.04 bits per heavy atom. The number of likely N-dealkylation sites (N-methyl/N-ethyl adjacent to an activating group) is 1. The molecule has 274 valence electrons. The largest absolute Gasteiger partial charge is 0.453 e. The van der Waals surface area contributed by atoms with E-state index in [4.69, 9.17) is 28.4 Å². The van der Waals surface area contributed by atoms with Gasteiger partial charge in [-0.3, -0.25) is 10.1 Å². The highest BCUT2D eigenvalue weighted by molar-refractivity contribution is 8.76. The molecule has 0 saturated carbocycles. The van der Waals surface area contributed by atoms with E-state index in [1.165, 1.54) is 40.8 Å². The van der Waals surface area contributed by atoms with Crippen molar-refractivity contribution >= 4 is 33.5 Å². The minimum absolute atomic E-state index is 0.0326. The summed E-state index contributed by atoms with van der Waals surface area (Å²) in [6.45, 7) is 4.86. The number of carbonyl (C=O) groups is 2. The van der Waals surface area contributed by atoms with E-state index in [-0.39, 0.29) is 35.4 Å². The maximum absolute atomic E-state index is 13.7. The number of methoxy groups -OCH3 is 2. The van der Waals surface area contributed by atoms with Gasteiger partial charge in [0.1, 0.15) is 17.2 Å². The van der Waals surface area contributed by atoms with Crippen molar-refractivity contribution in [2.45, 2.75) is 92.9 Å². The number of pyridine rings is 1. The van der Waals surface area contributed by atoms with Gasteiger partial charge in [-0.1, -0.05) is 53.5 Å². The van der Waals surface area contributed by atoms with Crippen LogP contribution in [-0.2, 0) is 33.2 Å². The van der Waals surface area contributed by atoms with Gasteiger partial charge in [-0.05, 0) is 48.5 Å². The second-order valence-corrected chi connectivity index (χ2v) is 14.4. The first-order valence-corrected chi connectivity index (χ1v) is 18.9. The van der Waals surface area contributed by atoms with Gasteiger partial charge < -0.3 is 44.0 Å². The Kier molecular flexibility index (Phi) is 14.2. The van der Waals surface area contributed by atoms with E-state index in [2.05, 4.69) is 39.3 Å². The number of hydrogen-bond acceptors (Lipinski definition) is 14. The summed E-state index contributed by atoms with van der Waals surface area (Å²) < 4.78 is 35.7. The summed E-state index contributed by atoms with van der Waals surface area (Å²) in [5.74, 6) is 11.2. The first-order chi connectivity index (χ1) is 24.6. The van der Waals surface area contributed by atoms with Crippen molar-refractivity contribution in [3.05, 3.63) is 59.5 Å². The number of amides is 1. The summed E-state index contributed by atoms with van der Waals surface area (Å²) in [4.78, 5) is 30.7. The normalized spacial score (nSPS) is 33.4.